The molecule has 0 amide bonds. The second kappa shape index (κ2) is 4.13. The highest BCUT2D eigenvalue weighted by Gasteiger charge is 2.07. The summed E-state index contributed by atoms with van der Waals surface area (Å²) < 4.78 is 0. The van der Waals surface area contributed by atoms with Crippen LogP contribution in [-0.2, 0) is 13.2 Å². The third kappa shape index (κ3) is 2.05. The van der Waals surface area contributed by atoms with Crippen LogP contribution in [0.15, 0.2) is 23.1 Å². The van der Waals surface area contributed by atoms with Crippen LogP contribution in [0.5, 0.6) is 0 Å². The van der Waals surface area contributed by atoms with E-state index in [-0.39, 0.29) is 6.61 Å². The predicted octanol–water partition coefficient (Wildman–Crippen LogP) is 1.37. The van der Waals surface area contributed by atoms with Crippen molar-refractivity contribution in [2.75, 3.05) is 12.3 Å². The Bertz CT molecular complexity index is 301. The Morgan fingerprint density at radius 2 is 2.38 bits per heavy atom. The third-order valence-electron chi connectivity index (χ3n) is 2.16. The lowest BCUT2D eigenvalue weighted by atomic mass is 10.1. The fraction of sp³-hybridized carbons (Fsp3) is 0.400. The summed E-state index contributed by atoms with van der Waals surface area (Å²) in [4.78, 5) is 1.35. The molecular weight excluding hydrogens is 182 g/mol. The highest BCUT2D eigenvalue weighted by atomic mass is 32.2. The number of hydrogen-bond acceptors (Lipinski definition) is 3. The van der Waals surface area contributed by atoms with Crippen molar-refractivity contribution in [3.05, 3.63) is 29.3 Å². The average molecular weight is 195 g/mol. The molecule has 1 aliphatic heterocycles. The molecule has 2 rings (SSSR count). The summed E-state index contributed by atoms with van der Waals surface area (Å²) >= 11 is 1.88. The number of thioether (sulfide) groups is 1. The zero-order chi connectivity index (χ0) is 9.10. The van der Waals surface area contributed by atoms with Crippen molar-refractivity contribution in [1.29, 1.82) is 0 Å². The summed E-state index contributed by atoms with van der Waals surface area (Å²) in [6.07, 6.45) is 0. The van der Waals surface area contributed by atoms with E-state index in [0.717, 1.165) is 24.4 Å². The van der Waals surface area contributed by atoms with Crippen molar-refractivity contribution < 1.29 is 5.11 Å². The molecule has 70 valence electrons. The monoisotopic (exact) mass is 195 g/mol. The van der Waals surface area contributed by atoms with Gasteiger partial charge in [-0.2, -0.15) is 0 Å². The van der Waals surface area contributed by atoms with Gasteiger partial charge in [-0.3, -0.25) is 0 Å². The van der Waals surface area contributed by atoms with Crippen LogP contribution in [-0.4, -0.2) is 17.4 Å². The van der Waals surface area contributed by atoms with Gasteiger partial charge in [0.05, 0.1) is 6.61 Å². The summed E-state index contributed by atoms with van der Waals surface area (Å²) in [6.45, 7) is 2.13. The van der Waals surface area contributed by atoms with Gasteiger partial charge in [0, 0.05) is 23.7 Å². The minimum atomic E-state index is 0.137. The molecular formula is C10H13NOS. The third-order valence-corrected chi connectivity index (χ3v) is 3.28. The smallest absolute Gasteiger partial charge is 0.0681 e. The largest absolute Gasteiger partial charge is 0.392 e. The minimum Gasteiger partial charge on any atom is -0.392 e. The summed E-state index contributed by atoms with van der Waals surface area (Å²) in [6, 6.07) is 6.19. The molecule has 2 nitrogen and oxygen atoms in total. The van der Waals surface area contributed by atoms with Crippen LogP contribution in [0.3, 0.4) is 0 Å². The molecule has 0 atom stereocenters. The molecule has 0 unspecified atom stereocenters. The molecule has 0 saturated heterocycles. The van der Waals surface area contributed by atoms with Crippen molar-refractivity contribution in [2.24, 2.45) is 0 Å². The highest BCUT2D eigenvalue weighted by Crippen LogP contribution is 2.25. The zero-order valence-corrected chi connectivity index (χ0v) is 8.23. The van der Waals surface area contributed by atoms with E-state index in [1.807, 2.05) is 17.8 Å². The molecule has 1 heterocycles. The van der Waals surface area contributed by atoms with E-state index in [0.29, 0.717) is 0 Å². The summed E-state index contributed by atoms with van der Waals surface area (Å²) in [5.74, 6) is 1.13. The van der Waals surface area contributed by atoms with Crippen LogP contribution in [0, 0.1) is 0 Å². The Labute approximate surface area is 82.4 Å². The maximum Gasteiger partial charge on any atom is 0.0681 e. The first kappa shape index (κ1) is 9.06. The van der Waals surface area contributed by atoms with Crippen LogP contribution in [0.2, 0.25) is 0 Å². The van der Waals surface area contributed by atoms with Gasteiger partial charge >= 0.3 is 0 Å². The number of hydrogen-bond donors (Lipinski definition) is 2. The standard InChI is InChI=1S/C10H13NOS/c12-7-8-1-2-10-9(5-8)6-11-3-4-13-10/h1-2,5,11-12H,3-4,6-7H2. The van der Waals surface area contributed by atoms with E-state index in [2.05, 4.69) is 17.4 Å². The predicted molar refractivity (Wildman–Crippen MR) is 54.8 cm³/mol. The van der Waals surface area contributed by atoms with Crippen molar-refractivity contribution in [1.82, 2.24) is 5.32 Å². The minimum absolute atomic E-state index is 0.137. The molecule has 2 N–H and O–H groups in total. The molecule has 1 aromatic rings. The normalized spacial score (nSPS) is 16.4. The fourth-order valence-corrected chi connectivity index (χ4v) is 2.41. The lowest BCUT2D eigenvalue weighted by Crippen LogP contribution is -2.13. The first-order valence-electron chi connectivity index (χ1n) is 4.46. The van der Waals surface area contributed by atoms with Gasteiger partial charge in [0.25, 0.3) is 0 Å². The van der Waals surface area contributed by atoms with Gasteiger partial charge in [-0.1, -0.05) is 12.1 Å². The van der Waals surface area contributed by atoms with Crippen LogP contribution < -0.4 is 5.32 Å². The van der Waals surface area contributed by atoms with E-state index in [4.69, 9.17) is 5.11 Å². The van der Waals surface area contributed by atoms with Crippen LogP contribution in [0.25, 0.3) is 0 Å². The number of nitrogens with one attached hydrogen (secondary N) is 1. The van der Waals surface area contributed by atoms with Gasteiger partial charge in [0.1, 0.15) is 0 Å². The molecule has 0 saturated carbocycles. The van der Waals surface area contributed by atoms with Crippen LogP contribution in [0.1, 0.15) is 11.1 Å². The topological polar surface area (TPSA) is 32.3 Å². The maximum atomic E-state index is 8.98. The van der Waals surface area contributed by atoms with Gasteiger partial charge in [0.2, 0.25) is 0 Å². The number of fused-ring (bicyclic) bond motifs is 1. The van der Waals surface area contributed by atoms with Gasteiger partial charge in [-0.05, 0) is 17.2 Å². The Morgan fingerprint density at radius 1 is 1.46 bits per heavy atom. The molecule has 13 heavy (non-hydrogen) atoms. The lowest BCUT2D eigenvalue weighted by Gasteiger charge is -2.06. The Hall–Kier alpha value is -0.510. The Kier molecular flexibility index (Phi) is 2.88. The second-order valence-corrected chi connectivity index (χ2v) is 4.26. The quantitative estimate of drug-likeness (QED) is 0.710. The Balaban J connectivity index is 2.32. The second-order valence-electron chi connectivity index (χ2n) is 3.13. The number of rotatable bonds is 1. The number of benzene rings is 1. The maximum absolute atomic E-state index is 8.98. The van der Waals surface area contributed by atoms with Crippen LogP contribution >= 0.6 is 11.8 Å². The van der Waals surface area contributed by atoms with Crippen LogP contribution in [0.4, 0.5) is 0 Å². The Morgan fingerprint density at radius 3 is 3.23 bits per heavy atom. The van der Waals surface area contributed by atoms with Crippen molar-refractivity contribution >= 4 is 11.8 Å². The van der Waals surface area contributed by atoms with E-state index in [1.165, 1.54) is 10.5 Å². The van der Waals surface area contributed by atoms with Gasteiger partial charge in [-0.25, -0.2) is 0 Å². The lowest BCUT2D eigenvalue weighted by molar-refractivity contribution is 0.281. The average Bonchev–Trinajstić information content (AvgIpc) is 2.41. The summed E-state index contributed by atoms with van der Waals surface area (Å²) in [5, 5.41) is 12.3. The number of aliphatic hydroxyl groups is 1. The summed E-state index contributed by atoms with van der Waals surface area (Å²) in [7, 11) is 0. The van der Waals surface area contributed by atoms with E-state index in [9.17, 15) is 0 Å². The van der Waals surface area contributed by atoms with Gasteiger partial charge in [0.15, 0.2) is 0 Å². The molecule has 3 heteroatoms. The molecule has 0 fully saturated rings. The first-order chi connectivity index (χ1) is 6.40. The van der Waals surface area contributed by atoms with Crippen molar-refractivity contribution in [3.63, 3.8) is 0 Å². The molecule has 0 aliphatic carbocycles. The fourth-order valence-electron chi connectivity index (χ4n) is 1.47. The van der Waals surface area contributed by atoms with Gasteiger partial charge in [-0.15, -0.1) is 11.8 Å². The highest BCUT2D eigenvalue weighted by molar-refractivity contribution is 7.99. The van der Waals surface area contributed by atoms with E-state index in [1.54, 1.807) is 0 Å². The van der Waals surface area contributed by atoms with E-state index < -0.39 is 0 Å². The number of aliphatic hydroxyl groups excluding tert-OH is 1. The molecule has 1 aromatic carbocycles. The zero-order valence-electron chi connectivity index (χ0n) is 7.42. The first-order valence-corrected chi connectivity index (χ1v) is 5.45. The molecule has 0 aromatic heterocycles. The van der Waals surface area contributed by atoms with Crippen molar-refractivity contribution in [2.45, 2.75) is 18.0 Å². The van der Waals surface area contributed by atoms with E-state index >= 15 is 0 Å². The summed E-state index contributed by atoms with van der Waals surface area (Å²) in [5.41, 5.74) is 2.32. The SMILES string of the molecule is OCc1ccc2c(c1)CNCCS2. The molecule has 0 bridgehead atoms. The molecule has 0 spiro atoms. The molecule has 1 aliphatic rings. The van der Waals surface area contributed by atoms with Crippen molar-refractivity contribution in [3.8, 4) is 0 Å². The van der Waals surface area contributed by atoms with Gasteiger partial charge < -0.3 is 10.4 Å². The molecule has 0 radical (unpaired) electrons.